The fourth-order valence-electron chi connectivity index (χ4n) is 8.38. The van der Waals surface area contributed by atoms with E-state index in [4.69, 9.17) is 50.6 Å². The minimum Gasteiger partial charge on any atom is -0.465 e. The molecule has 1 atom stereocenters. The maximum atomic E-state index is 11.8. The van der Waals surface area contributed by atoms with Gasteiger partial charge < -0.3 is 48.6 Å². The molecule has 3 N–H and O–H groups in total. The summed E-state index contributed by atoms with van der Waals surface area (Å²) in [7, 11) is 0. The third kappa shape index (κ3) is 101. The SMILES string of the molecule is CC(=O)CC/C(C)=C/CC/C(C)=C/CCl.CC(=O)CC/C(C)=C/CC/C(C)=C/CO.CC(=O)OC/C=C(\C)CC/C=C(\C)CBr.CC(=O)OC/C=C(\C)CC/C=C(\C)CO.CC(=O)OC/C=C(\C)CCC=C(C)C.CC(C)=CCC/C(C)=C/CO.CCOC(=O)C(C/C(C)=C/CC/C(C)=C/COC(C)=O)C(C)=O. The molecule has 0 amide bonds. The number of ketones is 3. The summed E-state index contributed by atoms with van der Waals surface area (Å²) in [5, 5.41) is 26.9. The van der Waals surface area contributed by atoms with E-state index in [2.05, 4.69) is 122 Å². The highest BCUT2D eigenvalue weighted by Crippen LogP contribution is 2.18. The van der Waals surface area contributed by atoms with E-state index in [9.17, 15) is 38.4 Å². The summed E-state index contributed by atoms with van der Waals surface area (Å²) in [5.74, 6) is -1.23. The van der Waals surface area contributed by atoms with Crippen molar-refractivity contribution in [3.05, 3.63) is 163 Å². The van der Waals surface area contributed by atoms with Gasteiger partial charge in [-0.1, -0.05) is 155 Å². The summed E-state index contributed by atoms with van der Waals surface area (Å²) < 4.78 is 24.2. The second-order valence-corrected chi connectivity index (χ2v) is 28.4. The number of aliphatic hydroxyl groups is 3. The van der Waals surface area contributed by atoms with Crippen LogP contribution >= 0.6 is 27.5 Å². The van der Waals surface area contributed by atoms with Crippen LogP contribution in [0.3, 0.4) is 0 Å². The van der Waals surface area contributed by atoms with Crippen LogP contribution in [-0.4, -0.2) is 127 Å². The zero-order valence-corrected chi connectivity index (χ0v) is 73.9. The number of ether oxygens (including phenoxy) is 5. The maximum Gasteiger partial charge on any atom is 0.316 e. The Morgan fingerprint density at radius 1 is 0.315 bits per heavy atom. The summed E-state index contributed by atoms with van der Waals surface area (Å²) in [5.41, 5.74) is 17.3. The van der Waals surface area contributed by atoms with Gasteiger partial charge in [-0.25, -0.2) is 0 Å². The van der Waals surface area contributed by atoms with Gasteiger partial charge in [0.1, 0.15) is 49.7 Å². The van der Waals surface area contributed by atoms with E-state index in [1.165, 1.54) is 95.9 Å². The Bertz CT molecular complexity index is 2850. The zero-order chi connectivity index (χ0) is 84.2. The minimum atomic E-state index is -0.716. The molecule has 0 aromatic carbocycles. The summed E-state index contributed by atoms with van der Waals surface area (Å²) >= 11 is 8.99. The van der Waals surface area contributed by atoms with E-state index < -0.39 is 11.9 Å². The van der Waals surface area contributed by atoms with E-state index in [1.807, 2.05) is 89.3 Å². The van der Waals surface area contributed by atoms with Crippen molar-refractivity contribution in [2.24, 2.45) is 5.92 Å². The summed E-state index contributed by atoms with van der Waals surface area (Å²) in [6.45, 7) is 46.9. The van der Waals surface area contributed by atoms with E-state index in [0.29, 0.717) is 51.6 Å². The first-order valence-electron chi connectivity index (χ1n) is 38.0. The molecule has 0 rings (SSSR count). The molecule has 0 spiro atoms. The van der Waals surface area contributed by atoms with Crippen LogP contribution in [0.4, 0.5) is 0 Å². The van der Waals surface area contributed by atoms with Crippen LogP contribution in [0.1, 0.15) is 288 Å². The first-order chi connectivity index (χ1) is 50.7. The van der Waals surface area contributed by atoms with Gasteiger partial charge in [0.2, 0.25) is 0 Å². The molecule has 0 bridgehead atoms. The molecule has 0 aliphatic rings. The second-order valence-electron chi connectivity index (χ2n) is 27.5. The number of hydrogen-bond acceptors (Lipinski definition) is 16. The van der Waals surface area contributed by atoms with Gasteiger partial charge >= 0.3 is 29.8 Å². The van der Waals surface area contributed by atoms with Crippen LogP contribution in [0, 0.1) is 5.92 Å². The Morgan fingerprint density at radius 3 is 0.815 bits per heavy atom. The Hall–Kier alpha value is -6.63. The minimum absolute atomic E-state index is 0.121. The number of carbonyl (C=O) groups excluding carboxylic acids is 8. The second kappa shape index (κ2) is 81.4. The van der Waals surface area contributed by atoms with Gasteiger partial charge in [-0.2, -0.15) is 0 Å². The predicted octanol–water partition coefficient (Wildman–Crippen LogP) is 22.4. The normalized spacial score (nSPS) is 12.6. The van der Waals surface area contributed by atoms with E-state index in [1.54, 1.807) is 20.8 Å². The lowest BCUT2D eigenvalue weighted by Crippen LogP contribution is -2.24. The summed E-state index contributed by atoms with van der Waals surface area (Å²) in [6, 6.07) is 0. The Labute approximate surface area is 669 Å². The Balaban J connectivity index is -0.000000223. The molecule has 0 radical (unpaired) electrons. The van der Waals surface area contributed by atoms with Gasteiger partial charge in [-0.15, -0.1) is 11.6 Å². The molecule has 618 valence electrons. The molecule has 0 aliphatic heterocycles. The van der Waals surface area contributed by atoms with E-state index in [-0.39, 0.29) is 67.7 Å². The maximum absolute atomic E-state index is 11.8. The molecule has 0 saturated carbocycles. The number of hydrogen-bond donors (Lipinski definition) is 3. The first-order valence-corrected chi connectivity index (χ1v) is 39.6. The smallest absolute Gasteiger partial charge is 0.316 e. The molecule has 0 aromatic heterocycles. The number of Topliss-reactive ketones (excluding diaryl/α,β-unsaturated/α-hetero) is 3. The van der Waals surface area contributed by atoms with Crippen molar-refractivity contribution in [3.8, 4) is 0 Å². The topological polar surface area (TPSA) is 243 Å². The molecule has 16 nitrogen and oxygen atoms in total. The molecule has 108 heavy (non-hydrogen) atoms. The van der Waals surface area contributed by atoms with Gasteiger partial charge in [0.15, 0.2) is 0 Å². The summed E-state index contributed by atoms with van der Waals surface area (Å²) in [4.78, 5) is 87.0. The van der Waals surface area contributed by atoms with Crippen LogP contribution < -0.4 is 0 Å². The predicted molar refractivity (Wildman–Crippen MR) is 456 cm³/mol. The Kier molecular flexibility index (Phi) is 86.4. The van der Waals surface area contributed by atoms with Crippen molar-refractivity contribution in [3.63, 3.8) is 0 Å². The van der Waals surface area contributed by atoms with Crippen molar-refractivity contribution >= 4 is 74.7 Å². The number of esters is 5. The fourth-order valence-corrected chi connectivity index (χ4v) is 8.87. The number of halogens is 2. The van der Waals surface area contributed by atoms with Crippen LogP contribution in [0.15, 0.2) is 163 Å². The number of carbonyl (C=O) groups is 8. The van der Waals surface area contributed by atoms with Gasteiger partial charge in [-0.05, 0) is 272 Å². The van der Waals surface area contributed by atoms with Crippen LogP contribution in [0.25, 0.3) is 0 Å². The molecular weight excluding hydrogens is 1450 g/mol. The van der Waals surface area contributed by atoms with Crippen molar-refractivity contribution < 1.29 is 77.4 Å². The average molecular weight is 1600 g/mol. The quantitative estimate of drug-likeness (QED) is 0.0169. The molecular formula is C90H148BrClO16. The van der Waals surface area contributed by atoms with Gasteiger partial charge in [0.25, 0.3) is 0 Å². The van der Waals surface area contributed by atoms with Crippen LogP contribution in [0.5, 0.6) is 0 Å². The molecule has 0 heterocycles. The Morgan fingerprint density at radius 2 is 0.574 bits per heavy atom. The van der Waals surface area contributed by atoms with E-state index in [0.717, 1.165) is 125 Å². The summed E-state index contributed by atoms with van der Waals surface area (Å²) in [6.07, 6.45) is 45.9. The lowest BCUT2D eigenvalue weighted by molar-refractivity contribution is -0.151. The number of aliphatic hydroxyl groups excluding tert-OH is 3. The van der Waals surface area contributed by atoms with Gasteiger partial charge in [0.05, 0.1) is 26.4 Å². The third-order valence-corrected chi connectivity index (χ3v) is 16.3. The van der Waals surface area contributed by atoms with Crippen molar-refractivity contribution in [2.45, 2.75) is 288 Å². The first kappa shape index (κ1) is 115. The highest BCUT2D eigenvalue weighted by molar-refractivity contribution is 9.09. The van der Waals surface area contributed by atoms with Crippen LogP contribution in [0.2, 0.25) is 0 Å². The lowest BCUT2D eigenvalue weighted by atomic mass is 9.95. The molecule has 0 fully saturated rings. The van der Waals surface area contributed by atoms with Gasteiger partial charge in [0, 0.05) is 51.7 Å². The number of allylic oxidation sites excluding steroid dienone is 21. The van der Waals surface area contributed by atoms with Crippen molar-refractivity contribution in [2.75, 3.05) is 64.1 Å². The molecule has 0 saturated heterocycles. The lowest BCUT2D eigenvalue weighted by Gasteiger charge is -2.12. The fraction of sp³-hybridized carbons (Fsp3) is 0.600. The molecule has 1 unspecified atom stereocenters. The van der Waals surface area contributed by atoms with Gasteiger partial charge in [-0.3, -0.25) is 28.8 Å². The molecule has 18 heteroatoms. The van der Waals surface area contributed by atoms with Crippen molar-refractivity contribution in [1.29, 1.82) is 0 Å². The molecule has 0 aromatic rings. The van der Waals surface area contributed by atoms with E-state index >= 15 is 0 Å². The number of alkyl halides is 2. The highest BCUT2D eigenvalue weighted by atomic mass is 79.9. The molecule has 0 aliphatic carbocycles. The standard InChI is InChI=1S/C18H28O5.C13H21ClO.C13H22O2.C12H19BrO2.C12H20O3.C12H20O2.C10H18O/c1-6-22-18(21)17(15(4)19)12-14(3)9-7-8-13(2)10-11-23-16(5)20;2*1-11(7-8-13(3)15)5-4-6-12(2)9-10-14;2*1-10(7-8-15-12(3)14)5-4-6-11(2)9-13;1-10(2)6-5-7-11(3)8-9-14-12(4)13;1-9(2)5-4-6-10(3)7-8-11/h9-10,17H,6-8,11-12H2,1-5H3;5,9H,4,6-8,10H2,1-3H3;5,9,14H,4,6-8,10H2,1-3H3;6-7H,4-5,8-9H2,1-3H3;6-7,13H,4-5,8-9H2,1-3H3;6,8H,5,7,9H2,1-4H3;5,7,11H,4,6,8H2,1-3H3/b13-10+,14-9+;2*11-5+,12-9+;2*10-7+,11-6+;11-8+;10-7+. The highest BCUT2D eigenvalue weighted by Gasteiger charge is 2.24. The van der Waals surface area contributed by atoms with Crippen molar-refractivity contribution in [1.82, 2.24) is 0 Å². The zero-order valence-electron chi connectivity index (χ0n) is 71.6. The van der Waals surface area contributed by atoms with Crippen LogP contribution in [-0.2, 0) is 62.0 Å². The number of rotatable bonds is 45. The monoisotopic (exact) mass is 1600 g/mol. The average Bonchev–Trinajstić information content (AvgIpc) is 0.901. The third-order valence-electron chi connectivity index (χ3n) is 15.3. The largest absolute Gasteiger partial charge is 0.465 e.